The van der Waals surface area contributed by atoms with Gasteiger partial charge in [-0.1, -0.05) is 154 Å². The Labute approximate surface area is 323 Å². The summed E-state index contributed by atoms with van der Waals surface area (Å²) in [7, 11) is -4.61. The van der Waals surface area contributed by atoms with Crippen molar-refractivity contribution in [1.82, 2.24) is 0 Å². The second-order valence-corrected chi connectivity index (χ2v) is 15.9. The smallest absolute Gasteiger partial charge is 0.462 e. The average molecular weight is 775 g/mol. The maximum Gasteiger partial charge on any atom is 0.472 e. The molecule has 0 radical (unpaired) electrons. The number of rotatable bonds is 41. The average Bonchev–Trinajstić information content (AvgIpc) is 3.14. The number of esters is 2. The van der Waals surface area contributed by atoms with Crippen molar-refractivity contribution in [2.24, 2.45) is 0 Å². The fourth-order valence-electron chi connectivity index (χ4n) is 5.90. The minimum Gasteiger partial charge on any atom is -0.462 e. The topological polar surface area (TPSA) is 149 Å². The lowest BCUT2D eigenvalue weighted by atomic mass is 10.0. The third-order valence-corrected chi connectivity index (χ3v) is 10.2. The fourth-order valence-corrected chi connectivity index (χ4v) is 6.69. The summed E-state index contributed by atoms with van der Waals surface area (Å²) in [4.78, 5) is 34.9. The molecular formula is C42H79O10P. The molecule has 0 saturated heterocycles. The maximum atomic E-state index is 12.6. The molecule has 0 aliphatic carbocycles. The van der Waals surface area contributed by atoms with Gasteiger partial charge < -0.3 is 24.6 Å². The first-order valence-corrected chi connectivity index (χ1v) is 22.7. The monoisotopic (exact) mass is 775 g/mol. The molecule has 53 heavy (non-hydrogen) atoms. The predicted octanol–water partition coefficient (Wildman–Crippen LogP) is 11.0. The van der Waals surface area contributed by atoms with Crippen LogP contribution in [0.4, 0.5) is 0 Å². The van der Waals surface area contributed by atoms with Crippen LogP contribution in [-0.2, 0) is 32.7 Å². The number of carbonyl (C=O) groups excluding carboxylic acids is 2. The molecule has 0 heterocycles. The van der Waals surface area contributed by atoms with Crippen molar-refractivity contribution in [1.29, 1.82) is 0 Å². The van der Waals surface area contributed by atoms with E-state index >= 15 is 0 Å². The number of allylic oxidation sites excluding steroid dienone is 3. The molecule has 3 atom stereocenters. The van der Waals surface area contributed by atoms with Gasteiger partial charge in [-0.25, -0.2) is 4.57 Å². The highest BCUT2D eigenvalue weighted by molar-refractivity contribution is 7.47. The van der Waals surface area contributed by atoms with E-state index < -0.39 is 51.8 Å². The molecule has 0 fully saturated rings. The highest BCUT2D eigenvalue weighted by atomic mass is 31.2. The Morgan fingerprint density at radius 3 is 1.49 bits per heavy atom. The first kappa shape index (κ1) is 51.5. The van der Waals surface area contributed by atoms with E-state index in [0.29, 0.717) is 12.8 Å². The fraction of sp³-hybridized carbons (Fsp3) is 0.857. The summed E-state index contributed by atoms with van der Waals surface area (Å²) in [6.45, 7) is 3.88. The van der Waals surface area contributed by atoms with Gasteiger partial charge in [-0.3, -0.25) is 18.6 Å². The van der Waals surface area contributed by atoms with E-state index in [-0.39, 0.29) is 19.4 Å². The Morgan fingerprint density at radius 2 is 1.02 bits per heavy atom. The predicted molar refractivity (Wildman–Crippen MR) is 215 cm³/mol. The van der Waals surface area contributed by atoms with Gasteiger partial charge in [0.05, 0.1) is 19.8 Å². The normalized spacial score (nSPS) is 13.9. The second kappa shape index (κ2) is 38.7. The summed E-state index contributed by atoms with van der Waals surface area (Å²) in [5, 5.41) is 18.3. The molecule has 0 aliphatic heterocycles. The number of phosphoric acid groups is 1. The van der Waals surface area contributed by atoms with E-state index in [9.17, 15) is 24.2 Å². The number of hydrogen-bond donors (Lipinski definition) is 3. The minimum absolute atomic E-state index is 0.184. The molecule has 0 spiro atoms. The van der Waals surface area contributed by atoms with Crippen molar-refractivity contribution in [3.05, 3.63) is 24.8 Å². The number of hydrogen-bond acceptors (Lipinski definition) is 9. The maximum absolute atomic E-state index is 12.6. The quantitative estimate of drug-likeness (QED) is 0.0237. The number of unbranched alkanes of at least 4 members (excludes halogenated alkanes) is 24. The Balaban J connectivity index is 4.27. The first-order valence-electron chi connectivity index (χ1n) is 21.3. The van der Waals surface area contributed by atoms with E-state index in [1.165, 1.54) is 116 Å². The van der Waals surface area contributed by atoms with E-state index in [2.05, 4.69) is 30.2 Å². The molecule has 0 aliphatic rings. The summed E-state index contributed by atoms with van der Waals surface area (Å²) in [6.07, 6.45) is 36.0. The van der Waals surface area contributed by atoms with Crippen molar-refractivity contribution < 1.29 is 47.8 Å². The van der Waals surface area contributed by atoms with Gasteiger partial charge in [0, 0.05) is 12.8 Å². The van der Waals surface area contributed by atoms with Crippen LogP contribution in [0.1, 0.15) is 193 Å². The number of carbonyl (C=O) groups is 2. The molecule has 0 aromatic carbocycles. The van der Waals surface area contributed by atoms with E-state index in [1.54, 1.807) is 0 Å². The molecule has 0 rings (SSSR count). The van der Waals surface area contributed by atoms with Crippen molar-refractivity contribution >= 4 is 19.8 Å². The van der Waals surface area contributed by atoms with Crippen LogP contribution in [0.3, 0.4) is 0 Å². The van der Waals surface area contributed by atoms with Crippen molar-refractivity contribution in [2.45, 2.75) is 205 Å². The van der Waals surface area contributed by atoms with Crippen LogP contribution < -0.4 is 0 Å². The summed E-state index contributed by atoms with van der Waals surface area (Å²) in [6, 6.07) is 0. The van der Waals surface area contributed by atoms with Gasteiger partial charge in [0.2, 0.25) is 0 Å². The number of ether oxygens (including phenoxy) is 2. The standard InChI is InChI=1S/C42H79O10P/c1-3-5-7-9-11-13-15-17-19-21-23-25-27-29-31-33-41(45)49-37-40(38-51-53(47,48)50-36-39(44)35-43)52-42(46)34-32-30-28-26-24-22-20-18-16-14-12-10-8-6-4-2/h4,9,11,39-40,43-44H,2-3,5-8,10,12-38H2,1H3,(H,47,48)/b11-9+/t39-,40+/m0/s1. The van der Waals surface area contributed by atoms with Gasteiger partial charge in [0.25, 0.3) is 0 Å². The van der Waals surface area contributed by atoms with E-state index in [0.717, 1.165) is 44.9 Å². The summed E-state index contributed by atoms with van der Waals surface area (Å²) in [5.74, 6) is -0.925. The van der Waals surface area contributed by atoms with Crippen LogP contribution in [0.2, 0.25) is 0 Å². The first-order chi connectivity index (χ1) is 25.7. The SMILES string of the molecule is C=CCCCCCCCCCCCCCCCC(=O)O[C@H](COC(=O)CCCCCCCCCCC/C=C/CCCC)COP(=O)(O)OC[C@@H](O)CO. The molecular weight excluding hydrogens is 695 g/mol. The molecule has 11 heteroatoms. The van der Waals surface area contributed by atoms with Crippen LogP contribution in [0, 0.1) is 0 Å². The molecule has 3 N–H and O–H groups in total. The van der Waals surface area contributed by atoms with Crippen LogP contribution >= 0.6 is 7.82 Å². The zero-order valence-electron chi connectivity index (χ0n) is 33.6. The Hall–Kier alpha value is -1.55. The molecule has 0 amide bonds. The lowest BCUT2D eigenvalue weighted by molar-refractivity contribution is -0.161. The molecule has 0 bridgehead atoms. The minimum atomic E-state index is -4.61. The van der Waals surface area contributed by atoms with Gasteiger partial charge in [-0.05, 0) is 44.9 Å². The molecule has 0 saturated carbocycles. The van der Waals surface area contributed by atoms with Gasteiger partial charge in [0.15, 0.2) is 6.10 Å². The van der Waals surface area contributed by atoms with Crippen LogP contribution in [0.15, 0.2) is 24.8 Å². The number of aliphatic hydroxyl groups is 2. The molecule has 10 nitrogen and oxygen atoms in total. The zero-order valence-corrected chi connectivity index (χ0v) is 34.5. The lowest BCUT2D eigenvalue weighted by Gasteiger charge is -2.20. The number of phosphoric ester groups is 1. The Morgan fingerprint density at radius 1 is 0.604 bits per heavy atom. The van der Waals surface area contributed by atoms with Gasteiger partial charge in [-0.15, -0.1) is 6.58 Å². The molecule has 0 aromatic rings. The summed E-state index contributed by atoms with van der Waals surface area (Å²) < 4.78 is 32.7. The van der Waals surface area contributed by atoms with Gasteiger partial charge in [-0.2, -0.15) is 0 Å². The lowest BCUT2D eigenvalue weighted by Crippen LogP contribution is -2.29. The van der Waals surface area contributed by atoms with Crippen LogP contribution in [0.5, 0.6) is 0 Å². The highest BCUT2D eigenvalue weighted by Gasteiger charge is 2.27. The molecule has 312 valence electrons. The Bertz CT molecular complexity index is 928. The van der Waals surface area contributed by atoms with Crippen LogP contribution in [-0.4, -0.2) is 65.7 Å². The molecule has 1 unspecified atom stereocenters. The zero-order chi connectivity index (χ0) is 39.1. The van der Waals surface area contributed by atoms with Crippen molar-refractivity contribution in [2.75, 3.05) is 26.4 Å². The van der Waals surface area contributed by atoms with Crippen molar-refractivity contribution in [3.8, 4) is 0 Å². The third-order valence-electron chi connectivity index (χ3n) is 9.22. The van der Waals surface area contributed by atoms with E-state index in [4.69, 9.17) is 19.1 Å². The second-order valence-electron chi connectivity index (χ2n) is 14.4. The Kier molecular flexibility index (Phi) is 37.6. The van der Waals surface area contributed by atoms with Crippen LogP contribution in [0.25, 0.3) is 0 Å². The highest BCUT2D eigenvalue weighted by Crippen LogP contribution is 2.43. The van der Waals surface area contributed by atoms with Gasteiger partial charge >= 0.3 is 19.8 Å². The van der Waals surface area contributed by atoms with E-state index in [1.807, 2.05) is 6.08 Å². The van der Waals surface area contributed by atoms with Crippen molar-refractivity contribution in [3.63, 3.8) is 0 Å². The largest absolute Gasteiger partial charge is 0.472 e. The number of aliphatic hydroxyl groups excluding tert-OH is 2. The summed E-state index contributed by atoms with van der Waals surface area (Å²) >= 11 is 0. The molecule has 0 aromatic heterocycles. The summed E-state index contributed by atoms with van der Waals surface area (Å²) in [5.41, 5.74) is 0. The van der Waals surface area contributed by atoms with Gasteiger partial charge in [0.1, 0.15) is 12.7 Å². The third kappa shape index (κ3) is 38.5.